The summed E-state index contributed by atoms with van der Waals surface area (Å²) in [6, 6.07) is 7.33. The van der Waals surface area contributed by atoms with Crippen LogP contribution >= 0.6 is 11.3 Å². The van der Waals surface area contributed by atoms with Crippen molar-refractivity contribution in [2.75, 3.05) is 38.2 Å². The molecule has 2 aliphatic heterocycles. The van der Waals surface area contributed by atoms with Crippen LogP contribution in [0.15, 0.2) is 24.3 Å². The van der Waals surface area contributed by atoms with Crippen molar-refractivity contribution in [1.82, 2.24) is 4.90 Å². The Hall–Kier alpha value is -2.16. The van der Waals surface area contributed by atoms with E-state index < -0.39 is 0 Å². The second-order valence-corrected chi connectivity index (χ2v) is 8.77. The zero-order valence-corrected chi connectivity index (χ0v) is 18.0. The highest BCUT2D eigenvalue weighted by atomic mass is 32.1. The van der Waals surface area contributed by atoms with Gasteiger partial charge in [0.15, 0.2) is 0 Å². The Bertz CT molecular complexity index is 869. The number of rotatable bonds is 7. The monoisotopic (exact) mass is 432 g/mol. The van der Waals surface area contributed by atoms with Gasteiger partial charge in [-0.3, -0.25) is 0 Å². The summed E-state index contributed by atoms with van der Waals surface area (Å²) in [5, 5.41) is 3.92. The van der Waals surface area contributed by atoms with Gasteiger partial charge in [0.1, 0.15) is 4.88 Å². The maximum Gasteiger partial charge on any atom is 0.348 e. The summed E-state index contributed by atoms with van der Waals surface area (Å²) in [6.07, 6.45) is 4.21. The summed E-state index contributed by atoms with van der Waals surface area (Å²) < 4.78 is 17.6. The molecule has 2 atom stereocenters. The number of hydrogen-bond acceptors (Lipinski definition) is 6. The largest absolute Gasteiger partial charge is 0.462 e. The quantitative estimate of drug-likeness (QED) is 0.661. The number of nitrogens with zero attached hydrogens (tertiary/aromatic N) is 1. The second kappa shape index (κ2) is 9.76. The summed E-state index contributed by atoms with van der Waals surface area (Å²) in [5.74, 6) is -0.316. The van der Waals surface area contributed by atoms with E-state index in [1.165, 1.54) is 11.3 Å². The Morgan fingerprint density at radius 2 is 1.83 bits per heavy atom. The lowest BCUT2D eigenvalue weighted by Gasteiger charge is -2.28. The second-order valence-electron chi connectivity index (χ2n) is 7.69. The molecule has 0 bridgehead atoms. The van der Waals surface area contributed by atoms with Crippen LogP contribution in [0.5, 0.6) is 0 Å². The van der Waals surface area contributed by atoms with Crippen LogP contribution in [-0.4, -0.2) is 62.0 Å². The lowest BCUT2D eigenvalue weighted by Crippen LogP contribution is -2.44. The normalized spacial score (nSPS) is 21.1. The van der Waals surface area contributed by atoms with Crippen molar-refractivity contribution in [2.24, 2.45) is 0 Å². The first-order valence-corrected chi connectivity index (χ1v) is 11.4. The van der Waals surface area contributed by atoms with Crippen molar-refractivity contribution in [3.05, 3.63) is 29.1 Å². The number of ether oxygens (including phenoxy) is 3. The topological polar surface area (TPSA) is 77.1 Å². The highest BCUT2D eigenvalue weighted by Crippen LogP contribution is 2.29. The third-order valence-electron chi connectivity index (χ3n) is 5.43. The molecule has 2 aliphatic rings. The summed E-state index contributed by atoms with van der Waals surface area (Å²) >= 11 is 1.39. The van der Waals surface area contributed by atoms with E-state index in [1.54, 1.807) is 6.92 Å². The highest BCUT2D eigenvalue weighted by Gasteiger charge is 2.27. The molecule has 162 valence electrons. The maximum atomic E-state index is 13.1. The maximum absolute atomic E-state index is 13.1. The predicted molar refractivity (Wildman–Crippen MR) is 116 cm³/mol. The van der Waals surface area contributed by atoms with Crippen molar-refractivity contribution in [2.45, 2.75) is 44.8 Å². The van der Waals surface area contributed by atoms with Gasteiger partial charge in [-0.25, -0.2) is 9.59 Å². The highest BCUT2D eigenvalue weighted by molar-refractivity contribution is 7.20. The van der Waals surface area contributed by atoms with E-state index in [9.17, 15) is 9.59 Å². The molecule has 2 saturated heterocycles. The zero-order chi connectivity index (χ0) is 20.9. The third-order valence-corrected chi connectivity index (χ3v) is 6.52. The zero-order valence-electron chi connectivity index (χ0n) is 17.2. The fourth-order valence-corrected chi connectivity index (χ4v) is 4.87. The fourth-order valence-electron chi connectivity index (χ4n) is 3.94. The van der Waals surface area contributed by atoms with Gasteiger partial charge in [-0.15, -0.1) is 11.3 Å². The van der Waals surface area contributed by atoms with Crippen molar-refractivity contribution in [3.8, 4) is 0 Å². The molecule has 0 spiro atoms. The molecule has 1 aromatic heterocycles. The lowest BCUT2D eigenvalue weighted by atomic mass is 10.2. The molecule has 30 heavy (non-hydrogen) atoms. The summed E-state index contributed by atoms with van der Waals surface area (Å²) in [5.41, 5.74) is 0.699. The number of urea groups is 1. The molecule has 0 aliphatic carbocycles. The molecule has 7 nitrogen and oxygen atoms in total. The molecule has 2 amide bonds. The van der Waals surface area contributed by atoms with Gasteiger partial charge < -0.3 is 24.4 Å². The van der Waals surface area contributed by atoms with Crippen LogP contribution in [0.25, 0.3) is 10.1 Å². The van der Waals surface area contributed by atoms with Gasteiger partial charge in [-0.05, 0) is 62.3 Å². The third kappa shape index (κ3) is 5.11. The molecule has 2 aromatic rings. The van der Waals surface area contributed by atoms with Gasteiger partial charge in [0.05, 0.1) is 18.8 Å². The standard InChI is InChI=1S/C22H28N2O5S/c1-2-27-21(25)20-12-15-11-16(7-8-19(15)30-20)23-22(26)24(13-17-5-3-9-28-17)14-18-6-4-10-29-18/h7-8,11-12,17-18H,2-6,9-10,13-14H2,1H3,(H,23,26)/t17-,18-/m1/s1. The average Bonchev–Trinajstić information content (AvgIpc) is 3.49. The van der Waals surface area contributed by atoms with Gasteiger partial charge in [-0.2, -0.15) is 0 Å². The number of carbonyl (C=O) groups is 2. The average molecular weight is 433 g/mol. The number of benzene rings is 1. The first kappa shape index (κ1) is 21.1. The number of fused-ring (bicyclic) bond motifs is 1. The molecule has 1 aromatic carbocycles. The first-order chi connectivity index (χ1) is 14.6. The Kier molecular flexibility index (Phi) is 6.86. The van der Waals surface area contributed by atoms with E-state index in [0.29, 0.717) is 30.3 Å². The number of esters is 1. The molecule has 3 heterocycles. The van der Waals surface area contributed by atoms with Gasteiger partial charge in [0.2, 0.25) is 0 Å². The SMILES string of the molecule is CCOC(=O)c1cc2cc(NC(=O)N(C[C@H]3CCCO3)C[C@H]3CCCO3)ccc2s1. The Balaban J connectivity index is 1.45. The van der Waals surface area contributed by atoms with Crippen LogP contribution in [0.1, 0.15) is 42.3 Å². The number of amides is 2. The van der Waals surface area contributed by atoms with Crippen molar-refractivity contribution in [3.63, 3.8) is 0 Å². The molecule has 0 unspecified atom stereocenters. The smallest absolute Gasteiger partial charge is 0.348 e. The van der Waals surface area contributed by atoms with Crippen molar-refractivity contribution in [1.29, 1.82) is 0 Å². The molecule has 0 saturated carbocycles. The molecule has 4 rings (SSSR count). The van der Waals surface area contributed by atoms with Crippen molar-refractivity contribution < 1.29 is 23.8 Å². The minimum absolute atomic E-state index is 0.0867. The molecule has 8 heteroatoms. The first-order valence-electron chi connectivity index (χ1n) is 10.6. The van der Waals surface area contributed by atoms with Crippen LogP contribution in [0.2, 0.25) is 0 Å². The number of carbonyl (C=O) groups excluding carboxylic acids is 2. The Morgan fingerprint density at radius 1 is 1.13 bits per heavy atom. The Labute approximate surface area is 180 Å². The molecule has 1 N–H and O–H groups in total. The molecular formula is C22H28N2O5S. The minimum Gasteiger partial charge on any atom is -0.462 e. The van der Waals surface area contributed by atoms with Gasteiger partial charge in [-0.1, -0.05) is 0 Å². The predicted octanol–water partition coefficient (Wildman–Crippen LogP) is 4.27. The fraction of sp³-hybridized carbons (Fsp3) is 0.545. The van der Waals surface area contributed by atoms with Crippen molar-refractivity contribution >= 4 is 39.1 Å². The van der Waals surface area contributed by atoms with Crippen LogP contribution in [0, 0.1) is 0 Å². The van der Waals surface area contributed by atoms with E-state index in [1.807, 2.05) is 29.2 Å². The van der Waals surface area contributed by atoms with Crippen LogP contribution in [0.4, 0.5) is 10.5 Å². The lowest BCUT2D eigenvalue weighted by molar-refractivity contribution is 0.0523. The van der Waals surface area contributed by atoms with E-state index in [0.717, 1.165) is 49.0 Å². The molecule has 0 radical (unpaired) electrons. The van der Waals surface area contributed by atoms with Crippen LogP contribution < -0.4 is 5.32 Å². The number of hydrogen-bond donors (Lipinski definition) is 1. The summed E-state index contributed by atoms with van der Waals surface area (Å²) in [7, 11) is 0. The van der Waals surface area contributed by atoms with Crippen LogP contribution in [-0.2, 0) is 14.2 Å². The number of nitrogens with one attached hydrogen (secondary N) is 1. The van der Waals surface area contributed by atoms with Gasteiger partial charge in [0, 0.05) is 36.7 Å². The van der Waals surface area contributed by atoms with Crippen LogP contribution in [0.3, 0.4) is 0 Å². The Morgan fingerprint density at radius 3 is 2.43 bits per heavy atom. The number of anilines is 1. The summed E-state index contributed by atoms with van der Waals surface area (Å²) in [6.45, 7) is 4.80. The van der Waals surface area contributed by atoms with E-state index in [2.05, 4.69) is 5.32 Å². The number of thiophene rings is 1. The summed E-state index contributed by atoms with van der Waals surface area (Å²) in [4.78, 5) is 27.4. The van der Waals surface area contributed by atoms with Gasteiger partial charge >= 0.3 is 12.0 Å². The van der Waals surface area contributed by atoms with E-state index >= 15 is 0 Å². The van der Waals surface area contributed by atoms with E-state index in [4.69, 9.17) is 14.2 Å². The van der Waals surface area contributed by atoms with E-state index in [-0.39, 0.29) is 24.2 Å². The van der Waals surface area contributed by atoms with Gasteiger partial charge in [0.25, 0.3) is 0 Å². The molecular weight excluding hydrogens is 404 g/mol. The minimum atomic E-state index is -0.316. The molecule has 2 fully saturated rings.